The van der Waals surface area contributed by atoms with Gasteiger partial charge in [-0.25, -0.2) is 0 Å². The first-order chi connectivity index (χ1) is 14.7. The lowest BCUT2D eigenvalue weighted by Gasteiger charge is -2.31. The maximum Gasteiger partial charge on any atom is 0.261 e. The fraction of sp³-hybridized carbons (Fsp3) is 0.391. The van der Waals surface area contributed by atoms with Crippen molar-refractivity contribution < 1.29 is 14.3 Å². The molecule has 31 heavy (non-hydrogen) atoms. The standard InChI is InChI=1S/C23H27Cl3N2O3/c1-4-21(23(30)27-12-15(2)3)28(13-16-8-9-18(25)11-20(16)26)22(29)14-31-19-7-5-6-17(24)10-19/h5-11,15,21H,4,12-14H2,1-3H3,(H,27,30). The van der Waals surface area contributed by atoms with Gasteiger partial charge in [0.25, 0.3) is 5.91 Å². The third kappa shape index (κ3) is 7.91. The molecule has 0 saturated heterocycles. The minimum Gasteiger partial charge on any atom is -0.484 e. The topological polar surface area (TPSA) is 58.6 Å². The molecule has 0 fully saturated rings. The van der Waals surface area contributed by atoms with E-state index in [0.29, 0.717) is 45.3 Å². The highest BCUT2D eigenvalue weighted by Gasteiger charge is 2.29. The predicted octanol–water partition coefficient (Wildman–Crippen LogP) is 5.61. The molecule has 0 bridgehead atoms. The smallest absolute Gasteiger partial charge is 0.261 e. The third-order valence-electron chi connectivity index (χ3n) is 4.58. The van der Waals surface area contributed by atoms with Gasteiger partial charge in [0.15, 0.2) is 6.61 Å². The number of carbonyl (C=O) groups excluding carboxylic acids is 2. The summed E-state index contributed by atoms with van der Waals surface area (Å²) < 4.78 is 5.63. The van der Waals surface area contributed by atoms with E-state index in [4.69, 9.17) is 39.5 Å². The highest BCUT2D eigenvalue weighted by atomic mass is 35.5. The molecular weight excluding hydrogens is 459 g/mol. The molecule has 2 aromatic carbocycles. The lowest BCUT2D eigenvalue weighted by Crippen LogP contribution is -2.50. The maximum absolute atomic E-state index is 13.1. The quantitative estimate of drug-likeness (QED) is 0.476. The van der Waals surface area contributed by atoms with Crippen LogP contribution in [-0.4, -0.2) is 35.9 Å². The van der Waals surface area contributed by atoms with Crippen LogP contribution in [-0.2, 0) is 16.1 Å². The number of nitrogens with one attached hydrogen (secondary N) is 1. The van der Waals surface area contributed by atoms with Crippen molar-refractivity contribution in [1.82, 2.24) is 10.2 Å². The second-order valence-corrected chi connectivity index (χ2v) is 8.85. The summed E-state index contributed by atoms with van der Waals surface area (Å²) in [5.41, 5.74) is 0.692. The Morgan fingerprint density at radius 3 is 2.39 bits per heavy atom. The number of benzene rings is 2. The second kappa shape index (κ2) is 12.2. The Morgan fingerprint density at radius 1 is 1.06 bits per heavy atom. The number of ether oxygens (including phenoxy) is 1. The average molecular weight is 486 g/mol. The molecule has 168 valence electrons. The van der Waals surface area contributed by atoms with Crippen molar-refractivity contribution in [2.24, 2.45) is 5.92 Å². The van der Waals surface area contributed by atoms with E-state index in [1.165, 1.54) is 4.90 Å². The summed E-state index contributed by atoms with van der Waals surface area (Å²) in [5.74, 6) is 0.222. The van der Waals surface area contributed by atoms with E-state index in [0.717, 1.165) is 0 Å². The van der Waals surface area contributed by atoms with Crippen LogP contribution >= 0.6 is 34.8 Å². The summed E-state index contributed by atoms with van der Waals surface area (Å²) >= 11 is 18.3. The Labute approximate surface area is 198 Å². The lowest BCUT2D eigenvalue weighted by atomic mass is 10.1. The molecule has 0 aliphatic heterocycles. The predicted molar refractivity (Wildman–Crippen MR) is 126 cm³/mol. The van der Waals surface area contributed by atoms with Crippen molar-refractivity contribution in [2.45, 2.75) is 39.8 Å². The van der Waals surface area contributed by atoms with E-state index in [1.54, 1.807) is 42.5 Å². The van der Waals surface area contributed by atoms with Gasteiger partial charge in [-0.1, -0.05) is 67.7 Å². The summed E-state index contributed by atoms with van der Waals surface area (Å²) in [7, 11) is 0. The minimum absolute atomic E-state index is 0.154. The summed E-state index contributed by atoms with van der Waals surface area (Å²) in [5, 5.41) is 4.35. The molecule has 2 amide bonds. The fourth-order valence-electron chi connectivity index (χ4n) is 2.96. The normalized spacial score (nSPS) is 11.8. The van der Waals surface area contributed by atoms with Crippen LogP contribution in [0, 0.1) is 5.92 Å². The fourth-order valence-corrected chi connectivity index (χ4v) is 3.61. The van der Waals surface area contributed by atoms with Crippen LogP contribution in [0.2, 0.25) is 15.1 Å². The number of nitrogens with zero attached hydrogens (tertiary/aromatic N) is 1. The lowest BCUT2D eigenvalue weighted by molar-refractivity contribution is -0.143. The van der Waals surface area contributed by atoms with Crippen molar-refractivity contribution in [3.05, 3.63) is 63.1 Å². The molecule has 2 aromatic rings. The zero-order valence-corrected chi connectivity index (χ0v) is 20.1. The van der Waals surface area contributed by atoms with E-state index in [9.17, 15) is 9.59 Å². The summed E-state index contributed by atoms with van der Waals surface area (Å²) in [6.07, 6.45) is 0.443. The average Bonchev–Trinajstić information content (AvgIpc) is 2.72. The Morgan fingerprint density at radius 2 is 1.77 bits per heavy atom. The van der Waals surface area contributed by atoms with Crippen molar-refractivity contribution in [1.29, 1.82) is 0 Å². The van der Waals surface area contributed by atoms with Crippen LogP contribution in [0.3, 0.4) is 0 Å². The molecule has 1 N–H and O–H groups in total. The van der Waals surface area contributed by atoms with Gasteiger partial charge in [0, 0.05) is 28.2 Å². The van der Waals surface area contributed by atoms with E-state index in [1.807, 2.05) is 20.8 Å². The molecule has 0 aromatic heterocycles. The highest BCUT2D eigenvalue weighted by molar-refractivity contribution is 6.35. The number of rotatable bonds is 10. The first-order valence-electron chi connectivity index (χ1n) is 10.1. The molecule has 0 heterocycles. The summed E-state index contributed by atoms with van der Waals surface area (Å²) in [4.78, 5) is 27.5. The van der Waals surface area contributed by atoms with Crippen LogP contribution in [0.4, 0.5) is 0 Å². The van der Waals surface area contributed by atoms with Crippen LogP contribution in [0.5, 0.6) is 5.75 Å². The van der Waals surface area contributed by atoms with Gasteiger partial charge in [-0.2, -0.15) is 0 Å². The molecular formula is C23H27Cl3N2O3. The molecule has 1 atom stereocenters. The number of amides is 2. The molecule has 0 saturated carbocycles. The van der Waals surface area contributed by atoms with Crippen molar-refractivity contribution in [3.8, 4) is 5.75 Å². The second-order valence-electron chi connectivity index (χ2n) is 7.57. The first kappa shape index (κ1) is 25.3. The summed E-state index contributed by atoms with van der Waals surface area (Å²) in [6, 6.07) is 11.2. The Bertz CT molecular complexity index is 905. The van der Waals surface area contributed by atoms with Gasteiger partial charge in [0.2, 0.25) is 5.91 Å². The van der Waals surface area contributed by atoms with Crippen molar-refractivity contribution in [2.75, 3.05) is 13.2 Å². The Kier molecular flexibility index (Phi) is 9.94. The summed E-state index contributed by atoms with van der Waals surface area (Å²) in [6.45, 7) is 6.33. The largest absolute Gasteiger partial charge is 0.484 e. The van der Waals surface area contributed by atoms with E-state index >= 15 is 0 Å². The van der Waals surface area contributed by atoms with Crippen molar-refractivity contribution in [3.63, 3.8) is 0 Å². The van der Waals surface area contributed by atoms with Crippen LogP contribution in [0.15, 0.2) is 42.5 Å². The number of halogens is 3. The van der Waals surface area contributed by atoms with Crippen LogP contribution in [0.1, 0.15) is 32.8 Å². The monoisotopic (exact) mass is 484 g/mol. The molecule has 0 radical (unpaired) electrons. The molecule has 0 aliphatic rings. The van der Waals surface area contributed by atoms with Gasteiger partial charge in [-0.3, -0.25) is 9.59 Å². The molecule has 5 nitrogen and oxygen atoms in total. The van der Waals surface area contributed by atoms with Gasteiger partial charge in [-0.05, 0) is 48.2 Å². The number of hydrogen-bond donors (Lipinski definition) is 1. The van der Waals surface area contributed by atoms with E-state index < -0.39 is 6.04 Å². The molecule has 0 aliphatic carbocycles. The Balaban J connectivity index is 2.24. The molecule has 0 spiro atoms. The zero-order chi connectivity index (χ0) is 23.0. The SMILES string of the molecule is CCC(C(=O)NCC(C)C)N(Cc1ccc(Cl)cc1Cl)C(=O)COc1cccc(Cl)c1. The van der Waals surface area contributed by atoms with Crippen LogP contribution < -0.4 is 10.1 Å². The molecule has 1 unspecified atom stereocenters. The molecule has 8 heteroatoms. The number of carbonyl (C=O) groups is 2. The van der Waals surface area contributed by atoms with Crippen molar-refractivity contribution >= 4 is 46.6 Å². The van der Waals surface area contributed by atoms with Crippen LogP contribution in [0.25, 0.3) is 0 Å². The highest BCUT2D eigenvalue weighted by Crippen LogP contribution is 2.24. The van der Waals surface area contributed by atoms with Gasteiger partial charge in [0.1, 0.15) is 11.8 Å². The van der Waals surface area contributed by atoms with Gasteiger partial charge in [0.05, 0.1) is 0 Å². The third-order valence-corrected chi connectivity index (χ3v) is 5.41. The van der Waals surface area contributed by atoms with E-state index in [-0.39, 0.29) is 25.0 Å². The molecule has 2 rings (SSSR count). The Hall–Kier alpha value is -1.95. The van der Waals surface area contributed by atoms with Gasteiger partial charge >= 0.3 is 0 Å². The number of hydrogen-bond acceptors (Lipinski definition) is 3. The van der Waals surface area contributed by atoms with Gasteiger partial charge < -0.3 is 15.0 Å². The minimum atomic E-state index is -0.666. The maximum atomic E-state index is 13.1. The van der Waals surface area contributed by atoms with Gasteiger partial charge in [-0.15, -0.1) is 0 Å². The van der Waals surface area contributed by atoms with E-state index in [2.05, 4.69) is 5.32 Å². The zero-order valence-electron chi connectivity index (χ0n) is 17.8. The first-order valence-corrected chi connectivity index (χ1v) is 11.2.